The van der Waals surface area contributed by atoms with Gasteiger partial charge in [0.25, 0.3) is 0 Å². The van der Waals surface area contributed by atoms with Crippen LogP contribution in [0.3, 0.4) is 0 Å². The minimum Gasteiger partial charge on any atom is -0.294 e. The number of benzene rings is 1. The summed E-state index contributed by atoms with van der Waals surface area (Å²) in [6.45, 7) is 6.22. The van der Waals surface area contributed by atoms with Gasteiger partial charge in [-0.1, -0.05) is 141 Å². The number of rotatable bonds is 19. The lowest BCUT2D eigenvalue weighted by Crippen LogP contribution is -2.07. The quantitative estimate of drug-likeness (QED) is 0.167. The first-order valence-corrected chi connectivity index (χ1v) is 12.8. The van der Waals surface area contributed by atoms with E-state index in [1.165, 1.54) is 108 Å². The molecule has 0 aliphatic rings. The van der Waals surface area contributed by atoms with E-state index in [2.05, 4.69) is 19.1 Å². The molecular formula is C28H48O. The van der Waals surface area contributed by atoms with Crippen molar-refractivity contribution in [3.05, 3.63) is 35.4 Å². The Kier molecular flexibility index (Phi) is 15.8. The molecule has 0 aromatic heterocycles. The standard InChI is InChI=1S/C28H48O/c1-4-5-6-7-8-9-10-11-12-13-14-15-16-17-18-19-20-26-21-23-27(24-22-26)28(29)25(2)3/h21-25H,4-20H2,1-3H3. The molecule has 0 aliphatic heterocycles. The minimum absolute atomic E-state index is 0.0844. The summed E-state index contributed by atoms with van der Waals surface area (Å²) in [4.78, 5) is 12.0. The van der Waals surface area contributed by atoms with Crippen LogP contribution in [0.2, 0.25) is 0 Å². The van der Waals surface area contributed by atoms with Gasteiger partial charge in [0, 0.05) is 11.5 Å². The molecule has 0 atom stereocenters. The highest BCUT2D eigenvalue weighted by Gasteiger charge is 2.09. The van der Waals surface area contributed by atoms with Crippen molar-refractivity contribution in [1.29, 1.82) is 0 Å². The number of unbranched alkanes of at least 4 members (excludes halogenated alkanes) is 15. The summed E-state index contributed by atoms with van der Waals surface area (Å²) in [5.41, 5.74) is 2.23. The molecule has 0 bridgehead atoms. The Morgan fingerprint density at radius 2 is 1.00 bits per heavy atom. The molecule has 0 N–H and O–H groups in total. The maximum atomic E-state index is 12.0. The van der Waals surface area contributed by atoms with Crippen molar-refractivity contribution >= 4 is 5.78 Å². The predicted octanol–water partition coefficient (Wildman–Crippen LogP) is 9.33. The Morgan fingerprint density at radius 3 is 1.38 bits per heavy atom. The second-order valence-corrected chi connectivity index (χ2v) is 9.27. The van der Waals surface area contributed by atoms with E-state index in [4.69, 9.17) is 0 Å². The Morgan fingerprint density at radius 1 is 0.621 bits per heavy atom. The summed E-state index contributed by atoms with van der Waals surface area (Å²) in [5.74, 6) is 0.333. The van der Waals surface area contributed by atoms with Gasteiger partial charge in [-0.3, -0.25) is 4.79 Å². The third kappa shape index (κ3) is 13.7. The normalized spacial score (nSPS) is 11.3. The fourth-order valence-electron chi connectivity index (χ4n) is 4.05. The molecule has 0 saturated carbocycles. The highest BCUT2D eigenvalue weighted by molar-refractivity contribution is 5.97. The van der Waals surface area contributed by atoms with Crippen LogP contribution in [0, 0.1) is 5.92 Å². The summed E-state index contributed by atoms with van der Waals surface area (Å²) >= 11 is 0. The average Bonchev–Trinajstić information content (AvgIpc) is 2.73. The summed E-state index contributed by atoms with van der Waals surface area (Å²) in [6, 6.07) is 8.29. The molecule has 0 unspecified atom stereocenters. The summed E-state index contributed by atoms with van der Waals surface area (Å²) in [7, 11) is 0. The lowest BCUT2D eigenvalue weighted by molar-refractivity contribution is 0.0939. The largest absolute Gasteiger partial charge is 0.294 e. The van der Waals surface area contributed by atoms with E-state index in [0.717, 1.165) is 12.0 Å². The van der Waals surface area contributed by atoms with Gasteiger partial charge < -0.3 is 0 Å². The Hall–Kier alpha value is -1.11. The maximum absolute atomic E-state index is 12.0. The van der Waals surface area contributed by atoms with Crippen LogP contribution in [0.25, 0.3) is 0 Å². The van der Waals surface area contributed by atoms with E-state index in [0.29, 0.717) is 0 Å². The van der Waals surface area contributed by atoms with Crippen LogP contribution >= 0.6 is 0 Å². The van der Waals surface area contributed by atoms with Gasteiger partial charge in [-0.25, -0.2) is 0 Å². The highest BCUT2D eigenvalue weighted by Crippen LogP contribution is 2.15. The van der Waals surface area contributed by atoms with E-state index in [1.54, 1.807) is 0 Å². The third-order valence-corrected chi connectivity index (χ3v) is 6.08. The smallest absolute Gasteiger partial charge is 0.165 e. The average molecular weight is 401 g/mol. The molecule has 0 aliphatic carbocycles. The van der Waals surface area contributed by atoms with Crippen molar-refractivity contribution in [1.82, 2.24) is 0 Å². The van der Waals surface area contributed by atoms with Crippen molar-refractivity contribution < 1.29 is 4.79 Å². The van der Waals surface area contributed by atoms with Crippen LogP contribution < -0.4 is 0 Å². The fourth-order valence-corrected chi connectivity index (χ4v) is 4.05. The number of carbonyl (C=O) groups excluding carboxylic acids is 1. The lowest BCUT2D eigenvalue weighted by atomic mass is 9.98. The second kappa shape index (κ2) is 17.7. The highest BCUT2D eigenvalue weighted by atomic mass is 16.1. The zero-order chi connectivity index (χ0) is 21.2. The van der Waals surface area contributed by atoms with Crippen molar-refractivity contribution in [3.8, 4) is 0 Å². The maximum Gasteiger partial charge on any atom is 0.165 e. The van der Waals surface area contributed by atoms with Crippen LogP contribution in [0.15, 0.2) is 24.3 Å². The van der Waals surface area contributed by atoms with Gasteiger partial charge in [0.2, 0.25) is 0 Å². The van der Waals surface area contributed by atoms with E-state index < -0.39 is 0 Å². The molecule has 1 aromatic carbocycles. The zero-order valence-corrected chi connectivity index (χ0v) is 19.8. The third-order valence-electron chi connectivity index (χ3n) is 6.08. The molecule has 0 amide bonds. The van der Waals surface area contributed by atoms with Crippen LogP contribution in [0.1, 0.15) is 139 Å². The van der Waals surface area contributed by atoms with E-state index >= 15 is 0 Å². The van der Waals surface area contributed by atoms with Gasteiger partial charge >= 0.3 is 0 Å². The summed E-state index contributed by atoms with van der Waals surface area (Å²) < 4.78 is 0. The van der Waals surface area contributed by atoms with Crippen LogP contribution in [-0.2, 0) is 6.42 Å². The summed E-state index contributed by atoms with van der Waals surface area (Å²) in [5, 5.41) is 0. The number of aryl methyl sites for hydroxylation is 1. The molecule has 166 valence electrons. The van der Waals surface area contributed by atoms with E-state index in [-0.39, 0.29) is 11.7 Å². The second-order valence-electron chi connectivity index (χ2n) is 9.27. The van der Waals surface area contributed by atoms with Gasteiger partial charge in [-0.05, 0) is 18.4 Å². The van der Waals surface area contributed by atoms with Gasteiger partial charge in [-0.15, -0.1) is 0 Å². The zero-order valence-electron chi connectivity index (χ0n) is 19.8. The van der Waals surface area contributed by atoms with E-state index in [9.17, 15) is 4.79 Å². The first kappa shape index (κ1) is 25.9. The van der Waals surface area contributed by atoms with Crippen molar-refractivity contribution in [3.63, 3.8) is 0 Å². The Bertz CT molecular complexity index is 500. The molecule has 1 aromatic rings. The number of hydrogen-bond acceptors (Lipinski definition) is 1. The SMILES string of the molecule is CCCCCCCCCCCCCCCCCCc1ccc(C(=O)C(C)C)cc1. The first-order valence-electron chi connectivity index (χ1n) is 12.8. The molecule has 1 rings (SSSR count). The van der Waals surface area contributed by atoms with Crippen molar-refractivity contribution in [2.24, 2.45) is 5.92 Å². The van der Waals surface area contributed by atoms with Crippen LogP contribution in [0.4, 0.5) is 0 Å². The fraction of sp³-hybridized carbons (Fsp3) is 0.750. The molecule has 0 radical (unpaired) electrons. The molecule has 29 heavy (non-hydrogen) atoms. The topological polar surface area (TPSA) is 17.1 Å². The monoisotopic (exact) mass is 400 g/mol. The summed E-state index contributed by atoms with van der Waals surface area (Å²) in [6.07, 6.45) is 23.8. The van der Waals surface area contributed by atoms with Gasteiger partial charge in [0.05, 0.1) is 0 Å². The number of hydrogen-bond donors (Lipinski definition) is 0. The van der Waals surface area contributed by atoms with Crippen molar-refractivity contribution in [2.75, 3.05) is 0 Å². The van der Waals surface area contributed by atoms with Crippen LogP contribution in [-0.4, -0.2) is 5.78 Å². The minimum atomic E-state index is 0.0844. The molecule has 1 nitrogen and oxygen atoms in total. The molecule has 0 saturated heterocycles. The van der Waals surface area contributed by atoms with Gasteiger partial charge in [-0.2, -0.15) is 0 Å². The lowest BCUT2D eigenvalue weighted by Gasteiger charge is -2.06. The number of Topliss-reactive ketones (excluding diaryl/α,β-unsaturated/α-hetero) is 1. The van der Waals surface area contributed by atoms with Crippen molar-refractivity contribution in [2.45, 2.75) is 130 Å². The Labute approximate surface area is 182 Å². The molecule has 0 heterocycles. The Balaban J connectivity index is 1.87. The number of carbonyl (C=O) groups is 1. The molecule has 0 fully saturated rings. The van der Waals surface area contributed by atoms with Crippen LogP contribution in [0.5, 0.6) is 0 Å². The molecular weight excluding hydrogens is 352 g/mol. The van der Waals surface area contributed by atoms with Gasteiger partial charge in [0.1, 0.15) is 0 Å². The molecule has 1 heteroatoms. The van der Waals surface area contributed by atoms with E-state index in [1.807, 2.05) is 26.0 Å². The number of ketones is 1. The van der Waals surface area contributed by atoms with Gasteiger partial charge in [0.15, 0.2) is 5.78 Å². The first-order chi connectivity index (χ1) is 14.1. The predicted molar refractivity (Wildman–Crippen MR) is 129 cm³/mol. The molecule has 0 spiro atoms.